The first kappa shape index (κ1) is 14.3. The Hall–Kier alpha value is -2.13. The number of carboxylic acids is 1. The summed E-state index contributed by atoms with van der Waals surface area (Å²) in [5.41, 5.74) is 1.54. The van der Waals surface area contributed by atoms with Gasteiger partial charge in [0.05, 0.1) is 17.4 Å². The number of aromatic nitrogens is 3. The predicted molar refractivity (Wildman–Crippen MR) is 68.9 cm³/mol. The van der Waals surface area contributed by atoms with Crippen LogP contribution >= 0.6 is 0 Å². The van der Waals surface area contributed by atoms with Gasteiger partial charge in [-0.15, -0.1) is 0 Å². The van der Waals surface area contributed by atoms with E-state index in [1.165, 1.54) is 6.07 Å². The van der Waals surface area contributed by atoms with Crippen LogP contribution in [-0.4, -0.2) is 28.1 Å². The zero-order valence-corrected chi connectivity index (χ0v) is 11.9. The van der Waals surface area contributed by atoms with Crippen molar-refractivity contribution in [3.8, 4) is 11.1 Å². The lowest BCUT2D eigenvalue weighted by Gasteiger charge is -2.10. The van der Waals surface area contributed by atoms with E-state index in [2.05, 4.69) is 5.10 Å². The van der Waals surface area contributed by atoms with E-state index in [4.69, 9.17) is 5.14 Å². The molecular formula is C11H13N4O4S-. The van der Waals surface area contributed by atoms with Crippen LogP contribution in [0.2, 0.25) is 0 Å². The number of rotatable bonds is 3. The summed E-state index contributed by atoms with van der Waals surface area (Å²) in [7, 11) is -2.51. The minimum atomic E-state index is -4.22. The smallest absolute Gasteiger partial charge is 0.302 e. The lowest BCUT2D eigenvalue weighted by molar-refractivity contribution is -0.255. The van der Waals surface area contributed by atoms with Crippen molar-refractivity contribution in [1.29, 1.82) is 0 Å². The average Bonchev–Trinajstić information content (AvgIpc) is 2.81. The van der Waals surface area contributed by atoms with Crippen molar-refractivity contribution in [2.24, 2.45) is 12.2 Å². The number of carbonyl (C=O) groups excluding carboxylic acids is 1. The van der Waals surface area contributed by atoms with E-state index < -0.39 is 21.9 Å². The maximum Gasteiger partial charge on any atom is 0.302 e. The highest BCUT2D eigenvalue weighted by atomic mass is 32.2. The second kappa shape index (κ2) is 4.46. The summed E-state index contributed by atoms with van der Waals surface area (Å²) in [6, 6.07) is 1.37. The van der Waals surface area contributed by atoms with Gasteiger partial charge in [0, 0.05) is 30.1 Å². The second-order valence-corrected chi connectivity index (χ2v) is 5.80. The Balaban J connectivity index is 2.83. The quantitative estimate of drug-likeness (QED) is 0.772. The van der Waals surface area contributed by atoms with E-state index >= 15 is 0 Å². The molecule has 2 N–H and O–H groups in total. The second-order valence-electron chi connectivity index (χ2n) is 4.38. The number of hydrogen-bond donors (Lipinski definition) is 1. The zero-order valence-electron chi connectivity index (χ0n) is 11.1. The zero-order chi connectivity index (χ0) is 15.2. The number of nitrogens with two attached hydrogens (primary N) is 1. The third-order valence-corrected chi connectivity index (χ3v) is 3.95. The summed E-state index contributed by atoms with van der Waals surface area (Å²) in [5, 5.41) is 20.4. The highest BCUT2D eigenvalue weighted by molar-refractivity contribution is 7.87. The molecule has 0 aliphatic carbocycles. The molecule has 0 radical (unpaired) electrons. The first-order chi connectivity index (χ1) is 9.14. The van der Waals surface area contributed by atoms with Gasteiger partial charge in [0.2, 0.25) is 0 Å². The summed E-state index contributed by atoms with van der Waals surface area (Å²) in [5.74, 6) is -1.62. The molecule has 0 saturated carbocycles. The summed E-state index contributed by atoms with van der Waals surface area (Å²) >= 11 is 0. The normalized spacial score (nSPS) is 11.8. The van der Waals surface area contributed by atoms with Crippen LogP contribution in [0.15, 0.2) is 12.3 Å². The number of nitrogens with zero attached hydrogens (tertiary/aromatic N) is 3. The molecule has 0 atom stereocenters. The summed E-state index contributed by atoms with van der Waals surface area (Å²) < 4.78 is 24.9. The van der Waals surface area contributed by atoms with Gasteiger partial charge < -0.3 is 9.90 Å². The molecule has 0 saturated heterocycles. The predicted octanol–water partition coefficient (Wildman–Crippen LogP) is -1.08. The van der Waals surface area contributed by atoms with Crippen molar-refractivity contribution in [1.82, 2.24) is 13.8 Å². The number of carboxylic acid groups (broad SMARTS) is 1. The monoisotopic (exact) mass is 297 g/mol. The molecule has 2 heterocycles. The molecule has 108 valence electrons. The molecule has 0 spiro atoms. The molecule has 20 heavy (non-hydrogen) atoms. The molecule has 0 aliphatic rings. The van der Waals surface area contributed by atoms with Crippen LogP contribution in [0.4, 0.5) is 0 Å². The maximum absolute atomic E-state index is 11.4. The van der Waals surface area contributed by atoms with Crippen LogP contribution in [0.5, 0.6) is 0 Å². The first-order valence-corrected chi connectivity index (χ1v) is 7.11. The topological polar surface area (TPSA) is 123 Å². The minimum Gasteiger partial charge on any atom is -0.543 e. The third kappa shape index (κ3) is 2.10. The first-order valence-electron chi connectivity index (χ1n) is 5.61. The van der Waals surface area contributed by atoms with Gasteiger partial charge in [-0.1, -0.05) is 0 Å². The van der Waals surface area contributed by atoms with Gasteiger partial charge in [0.15, 0.2) is 0 Å². The van der Waals surface area contributed by atoms with Crippen LogP contribution in [0.3, 0.4) is 0 Å². The lowest BCUT2D eigenvalue weighted by atomic mass is 10.0. The largest absolute Gasteiger partial charge is 0.543 e. The van der Waals surface area contributed by atoms with Gasteiger partial charge in [0.1, 0.15) is 0 Å². The van der Waals surface area contributed by atoms with Crippen molar-refractivity contribution in [2.75, 3.05) is 0 Å². The Morgan fingerprint density at radius 3 is 2.40 bits per heavy atom. The molecule has 9 heteroatoms. The van der Waals surface area contributed by atoms with Crippen LogP contribution in [-0.2, 0) is 17.3 Å². The summed E-state index contributed by atoms with van der Waals surface area (Å²) in [6.07, 6.45) is 1.08. The van der Waals surface area contributed by atoms with Crippen LogP contribution in [0.25, 0.3) is 11.1 Å². The standard InChI is InChI=1S/C11H14N4O4S/c1-6-9(7(2)14(3)13-6)8-4-5-15(20(12,18)19)10(8)11(16)17/h4-5H,1-3H3,(H,16,17)(H2,12,18,19)/p-1. The Labute approximate surface area is 115 Å². The molecule has 2 rings (SSSR count). The Bertz CT molecular complexity index is 801. The van der Waals surface area contributed by atoms with Crippen molar-refractivity contribution in [3.63, 3.8) is 0 Å². The fraction of sp³-hybridized carbons (Fsp3) is 0.273. The molecule has 0 aromatic carbocycles. The average molecular weight is 297 g/mol. The number of aromatic carboxylic acids is 1. The van der Waals surface area contributed by atoms with Gasteiger partial charge in [-0.3, -0.25) is 4.68 Å². The molecule has 2 aromatic rings. The van der Waals surface area contributed by atoms with Gasteiger partial charge in [-0.05, 0) is 19.9 Å². The van der Waals surface area contributed by atoms with Crippen molar-refractivity contribution in [2.45, 2.75) is 13.8 Å². The van der Waals surface area contributed by atoms with Crippen molar-refractivity contribution >= 4 is 16.2 Å². The van der Waals surface area contributed by atoms with E-state index in [-0.39, 0.29) is 5.56 Å². The molecule has 0 fully saturated rings. The van der Waals surface area contributed by atoms with E-state index in [1.807, 2.05) is 0 Å². The van der Waals surface area contributed by atoms with E-state index in [0.29, 0.717) is 20.9 Å². The molecule has 8 nitrogen and oxygen atoms in total. The van der Waals surface area contributed by atoms with E-state index in [1.54, 1.807) is 25.6 Å². The fourth-order valence-electron chi connectivity index (χ4n) is 2.19. The molecule has 2 aromatic heterocycles. The molecular weight excluding hydrogens is 284 g/mol. The Morgan fingerprint density at radius 2 is 2.00 bits per heavy atom. The lowest BCUT2D eigenvalue weighted by Crippen LogP contribution is -2.31. The van der Waals surface area contributed by atoms with Gasteiger partial charge >= 0.3 is 10.2 Å². The van der Waals surface area contributed by atoms with Gasteiger partial charge in [0.25, 0.3) is 0 Å². The molecule has 0 bridgehead atoms. The maximum atomic E-state index is 11.4. The number of aryl methyl sites for hydroxylation is 2. The molecule has 0 amide bonds. The molecule has 0 unspecified atom stereocenters. The van der Waals surface area contributed by atoms with Crippen LogP contribution < -0.4 is 10.2 Å². The fourth-order valence-corrected chi connectivity index (χ4v) is 2.85. The van der Waals surface area contributed by atoms with Crippen LogP contribution in [0, 0.1) is 13.8 Å². The van der Waals surface area contributed by atoms with E-state index in [9.17, 15) is 18.3 Å². The minimum absolute atomic E-state index is 0.210. The van der Waals surface area contributed by atoms with Gasteiger partial charge in [-0.25, -0.2) is 9.11 Å². The highest BCUT2D eigenvalue weighted by Crippen LogP contribution is 2.30. The van der Waals surface area contributed by atoms with Crippen molar-refractivity contribution < 1.29 is 18.3 Å². The Kier molecular flexibility index (Phi) is 3.18. The Morgan fingerprint density at radius 1 is 1.40 bits per heavy atom. The van der Waals surface area contributed by atoms with E-state index in [0.717, 1.165) is 6.20 Å². The SMILES string of the molecule is Cc1nn(C)c(C)c1-c1ccn(S(N)(=O)=O)c1C(=O)[O-]. The highest BCUT2D eigenvalue weighted by Gasteiger charge is 2.22. The number of carbonyl (C=O) groups is 1. The van der Waals surface area contributed by atoms with Gasteiger partial charge in [-0.2, -0.15) is 13.5 Å². The van der Waals surface area contributed by atoms with Crippen LogP contribution in [0.1, 0.15) is 21.9 Å². The summed E-state index contributed by atoms with van der Waals surface area (Å²) in [6.45, 7) is 3.46. The number of hydrogen-bond acceptors (Lipinski definition) is 5. The summed E-state index contributed by atoms with van der Waals surface area (Å²) in [4.78, 5) is 11.3. The van der Waals surface area contributed by atoms with Crippen molar-refractivity contribution in [3.05, 3.63) is 29.3 Å². The third-order valence-electron chi connectivity index (χ3n) is 3.10. The molecule has 0 aliphatic heterocycles.